The minimum Gasteiger partial charge on any atom is -0.395 e. The fourth-order valence-electron chi connectivity index (χ4n) is 3.09. The lowest BCUT2D eigenvalue weighted by atomic mass is 10.00. The molecule has 0 fully saturated rings. The lowest BCUT2D eigenvalue weighted by Crippen LogP contribution is -2.26. The first-order chi connectivity index (χ1) is 12.5. The van der Waals surface area contributed by atoms with Crippen molar-refractivity contribution in [1.29, 1.82) is 0 Å². The van der Waals surface area contributed by atoms with Crippen molar-refractivity contribution < 1.29 is 18.7 Å². The van der Waals surface area contributed by atoms with Gasteiger partial charge in [-0.05, 0) is 66.4 Å². The highest BCUT2D eigenvalue weighted by molar-refractivity contribution is 5.92. The first kappa shape index (κ1) is 18.1. The molecule has 0 aliphatic rings. The van der Waals surface area contributed by atoms with Gasteiger partial charge in [-0.1, -0.05) is 0 Å². The van der Waals surface area contributed by atoms with Gasteiger partial charge in [-0.3, -0.25) is 4.79 Å². The number of aromatic nitrogens is 1. The van der Waals surface area contributed by atoms with Crippen LogP contribution in [0.2, 0.25) is 0 Å². The third-order valence-electron chi connectivity index (χ3n) is 4.28. The molecule has 136 valence electrons. The standard InChI is InChI=1S/C20H20F2N2O2/c1-12-10-16-15(6-7-18(26)23-8-9-25)19(24-20(16)17(22)11-12)13-2-4-14(21)5-3-13/h2-5,10-11,24-25H,6-9H2,1H3,(H,23,26). The van der Waals surface area contributed by atoms with Gasteiger partial charge >= 0.3 is 0 Å². The average Bonchev–Trinajstić information content (AvgIpc) is 2.97. The molecule has 0 bridgehead atoms. The lowest BCUT2D eigenvalue weighted by Gasteiger charge is -2.07. The van der Waals surface area contributed by atoms with E-state index in [1.54, 1.807) is 12.1 Å². The minimum absolute atomic E-state index is 0.121. The highest BCUT2D eigenvalue weighted by Crippen LogP contribution is 2.33. The molecule has 0 atom stereocenters. The molecule has 3 rings (SSSR count). The minimum atomic E-state index is -0.362. The number of aliphatic hydroxyl groups excluding tert-OH is 1. The topological polar surface area (TPSA) is 65.1 Å². The van der Waals surface area contributed by atoms with E-state index >= 15 is 0 Å². The number of benzene rings is 2. The average molecular weight is 358 g/mol. The summed E-state index contributed by atoms with van der Waals surface area (Å²) >= 11 is 0. The van der Waals surface area contributed by atoms with Gasteiger partial charge in [-0.25, -0.2) is 8.78 Å². The normalized spacial score (nSPS) is 11.1. The number of carbonyl (C=O) groups is 1. The van der Waals surface area contributed by atoms with Gasteiger partial charge < -0.3 is 15.4 Å². The molecule has 0 spiro atoms. The number of fused-ring (bicyclic) bond motifs is 1. The molecule has 4 nitrogen and oxygen atoms in total. The van der Waals surface area contributed by atoms with E-state index in [0.717, 1.165) is 22.1 Å². The lowest BCUT2D eigenvalue weighted by molar-refractivity contribution is -0.121. The van der Waals surface area contributed by atoms with Crippen LogP contribution < -0.4 is 5.32 Å². The van der Waals surface area contributed by atoms with Crippen LogP contribution in [0.5, 0.6) is 0 Å². The Kier molecular flexibility index (Phi) is 5.32. The highest BCUT2D eigenvalue weighted by Gasteiger charge is 2.17. The van der Waals surface area contributed by atoms with Gasteiger partial charge in [-0.2, -0.15) is 0 Å². The predicted molar refractivity (Wildman–Crippen MR) is 96.8 cm³/mol. The van der Waals surface area contributed by atoms with E-state index in [2.05, 4.69) is 10.3 Å². The van der Waals surface area contributed by atoms with Crippen LogP contribution in [0.1, 0.15) is 17.5 Å². The van der Waals surface area contributed by atoms with E-state index in [9.17, 15) is 13.6 Å². The Morgan fingerprint density at radius 1 is 1.19 bits per heavy atom. The van der Waals surface area contributed by atoms with Crippen LogP contribution in [0.4, 0.5) is 8.78 Å². The summed E-state index contributed by atoms with van der Waals surface area (Å²) in [6.45, 7) is 1.89. The number of H-pyrrole nitrogens is 1. The van der Waals surface area contributed by atoms with E-state index in [1.165, 1.54) is 18.2 Å². The van der Waals surface area contributed by atoms with Crippen molar-refractivity contribution in [2.75, 3.05) is 13.2 Å². The summed E-state index contributed by atoms with van der Waals surface area (Å²) in [7, 11) is 0. The molecular formula is C20H20F2N2O2. The zero-order valence-electron chi connectivity index (χ0n) is 14.4. The Balaban J connectivity index is 2.03. The molecule has 1 amide bonds. The summed E-state index contributed by atoms with van der Waals surface area (Å²) in [5.41, 5.74) is 3.38. The molecule has 3 N–H and O–H groups in total. The fraction of sp³-hybridized carbons (Fsp3) is 0.250. The van der Waals surface area contributed by atoms with Crippen molar-refractivity contribution in [2.24, 2.45) is 0 Å². The molecule has 6 heteroatoms. The van der Waals surface area contributed by atoms with Gasteiger partial charge in [0.1, 0.15) is 11.6 Å². The van der Waals surface area contributed by atoms with Crippen LogP contribution in [0.25, 0.3) is 22.2 Å². The first-order valence-electron chi connectivity index (χ1n) is 8.44. The quantitative estimate of drug-likeness (QED) is 0.632. The van der Waals surface area contributed by atoms with Crippen molar-refractivity contribution in [3.63, 3.8) is 0 Å². The number of aliphatic hydroxyl groups is 1. The molecule has 1 aromatic heterocycles. The monoisotopic (exact) mass is 358 g/mol. The molecule has 1 heterocycles. The number of amides is 1. The summed E-state index contributed by atoms with van der Waals surface area (Å²) < 4.78 is 27.6. The van der Waals surface area contributed by atoms with Crippen LogP contribution in [-0.4, -0.2) is 29.1 Å². The van der Waals surface area contributed by atoms with E-state index in [0.29, 0.717) is 17.6 Å². The van der Waals surface area contributed by atoms with Crippen molar-refractivity contribution >= 4 is 16.8 Å². The van der Waals surface area contributed by atoms with E-state index in [1.807, 2.05) is 13.0 Å². The van der Waals surface area contributed by atoms with Gasteiger partial charge in [0, 0.05) is 24.0 Å². The maximum absolute atomic E-state index is 14.4. The Bertz CT molecular complexity index is 933. The summed E-state index contributed by atoms with van der Waals surface area (Å²) in [4.78, 5) is 15.0. The smallest absolute Gasteiger partial charge is 0.220 e. The van der Waals surface area contributed by atoms with E-state index in [-0.39, 0.29) is 37.1 Å². The predicted octanol–water partition coefficient (Wildman–Crippen LogP) is 3.46. The van der Waals surface area contributed by atoms with Crippen molar-refractivity contribution in [2.45, 2.75) is 19.8 Å². The Morgan fingerprint density at radius 2 is 1.92 bits per heavy atom. The molecule has 0 aliphatic carbocycles. The van der Waals surface area contributed by atoms with E-state index < -0.39 is 0 Å². The van der Waals surface area contributed by atoms with Crippen LogP contribution in [0.3, 0.4) is 0 Å². The molecule has 26 heavy (non-hydrogen) atoms. The molecule has 0 saturated carbocycles. The van der Waals surface area contributed by atoms with Gasteiger partial charge in [-0.15, -0.1) is 0 Å². The summed E-state index contributed by atoms with van der Waals surface area (Å²) in [6, 6.07) is 9.27. The van der Waals surface area contributed by atoms with Gasteiger partial charge in [0.15, 0.2) is 0 Å². The van der Waals surface area contributed by atoms with Gasteiger partial charge in [0.25, 0.3) is 0 Å². The number of rotatable bonds is 6. The molecule has 0 saturated heterocycles. The van der Waals surface area contributed by atoms with Crippen LogP contribution in [0.15, 0.2) is 36.4 Å². The third-order valence-corrected chi connectivity index (χ3v) is 4.28. The molecule has 2 aromatic carbocycles. The maximum atomic E-state index is 14.4. The number of halogens is 2. The Morgan fingerprint density at radius 3 is 2.62 bits per heavy atom. The zero-order chi connectivity index (χ0) is 18.7. The largest absolute Gasteiger partial charge is 0.395 e. The highest BCUT2D eigenvalue weighted by atomic mass is 19.1. The number of carbonyl (C=O) groups excluding carboxylic acids is 1. The molecule has 0 unspecified atom stereocenters. The second kappa shape index (κ2) is 7.66. The third kappa shape index (κ3) is 3.75. The second-order valence-corrected chi connectivity index (χ2v) is 6.23. The van der Waals surface area contributed by atoms with Crippen LogP contribution >= 0.6 is 0 Å². The van der Waals surface area contributed by atoms with Crippen molar-refractivity contribution in [3.8, 4) is 11.3 Å². The molecule has 3 aromatic rings. The number of hydrogen-bond donors (Lipinski definition) is 3. The second-order valence-electron chi connectivity index (χ2n) is 6.23. The summed E-state index contributed by atoms with van der Waals surface area (Å²) in [5.74, 6) is -0.900. The number of nitrogens with one attached hydrogen (secondary N) is 2. The zero-order valence-corrected chi connectivity index (χ0v) is 14.4. The summed E-state index contributed by atoms with van der Waals surface area (Å²) in [6.07, 6.45) is 0.601. The Labute approximate surface area is 149 Å². The van der Waals surface area contributed by atoms with Gasteiger partial charge in [0.2, 0.25) is 5.91 Å². The SMILES string of the molecule is Cc1cc(F)c2[nH]c(-c3ccc(F)cc3)c(CCC(=O)NCCO)c2c1. The van der Waals surface area contributed by atoms with E-state index in [4.69, 9.17) is 5.11 Å². The molecule has 0 aliphatic heterocycles. The molecular weight excluding hydrogens is 338 g/mol. The summed E-state index contributed by atoms with van der Waals surface area (Å²) in [5, 5.41) is 12.1. The van der Waals surface area contributed by atoms with Crippen LogP contribution in [0, 0.1) is 18.6 Å². The maximum Gasteiger partial charge on any atom is 0.220 e. The Hall–Kier alpha value is -2.73. The van der Waals surface area contributed by atoms with Crippen molar-refractivity contribution in [3.05, 3.63) is 59.2 Å². The number of aromatic amines is 1. The van der Waals surface area contributed by atoms with Crippen molar-refractivity contribution in [1.82, 2.24) is 10.3 Å². The molecule has 0 radical (unpaired) electrons. The van der Waals surface area contributed by atoms with Gasteiger partial charge in [0.05, 0.1) is 12.1 Å². The van der Waals surface area contributed by atoms with Crippen LogP contribution in [-0.2, 0) is 11.2 Å². The number of hydrogen-bond acceptors (Lipinski definition) is 2. The first-order valence-corrected chi connectivity index (χ1v) is 8.44. The number of aryl methyl sites for hydroxylation is 2. The fourth-order valence-corrected chi connectivity index (χ4v) is 3.09.